The summed E-state index contributed by atoms with van der Waals surface area (Å²) in [6.45, 7) is 8.08. The number of imidazole rings is 1. The zero-order chi connectivity index (χ0) is 28.1. The van der Waals surface area contributed by atoms with Crippen molar-refractivity contribution in [1.29, 1.82) is 0 Å². The van der Waals surface area contributed by atoms with Crippen molar-refractivity contribution >= 4 is 21.0 Å². The maximum atomic E-state index is 12.0. The molecule has 0 unspecified atom stereocenters. The summed E-state index contributed by atoms with van der Waals surface area (Å²) in [5.74, 6) is 0.860. The summed E-state index contributed by atoms with van der Waals surface area (Å²) in [5.41, 5.74) is 7.28. The highest BCUT2D eigenvalue weighted by atomic mass is 32.2. The molecule has 7 rings (SSSR count). The van der Waals surface area contributed by atoms with Crippen molar-refractivity contribution < 1.29 is 8.42 Å². The zero-order valence-corrected chi connectivity index (χ0v) is 24.9. The van der Waals surface area contributed by atoms with Gasteiger partial charge in [0.1, 0.15) is 11.3 Å². The van der Waals surface area contributed by atoms with Gasteiger partial charge in [-0.25, -0.2) is 18.4 Å². The second-order valence-corrected chi connectivity index (χ2v) is 14.3. The summed E-state index contributed by atoms with van der Waals surface area (Å²) in [6, 6.07) is 19.3. The highest BCUT2D eigenvalue weighted by Gasteiger charge is 2.30. The van der Waals surface area contributed by atoms with Gasteiger partial charge in [0.25, 0.3) is 0 Å². The zero-order valence-electron chi connectivity index (χ0n) is 24.1. The highest BCUT2D eigenvalue weighted by molar-refractivity contribution is 7.90. The topological polar surface area (TPSA) is 71.3 Å². The van der Waals surface area contributed by atoms with Gasteiger partial charge in [0.05, 0.1) is 10.6 Å². The first-order chi connectivity index (χ1) is 19.8. The lowest BCUT2D eigenvalue weighted by molar-refractivity contribution is 0.122. The molecule has 2 saturated heterocycles. The molecule has 0 amide bonds. The maximum absolute atomic E-state index is 12.0. The Bertz CT molecular complexity index is 1660. The van der Waals surface area contributed by atoms with Gasteiger partial charge in [-0.05, 0) is 113 Å². The fourth-order valence-electron chi connectivity index (χ4n) is 6.69. The van der Waals surface area contributed by atoms with E-state index in [0.717, 1.165) is 64.8 Å². The molecule has 0 N–H and O–H groups in total. The van der Waals surface area contributed by atoms with Crippen LogP contribution in [0.2, 0.25) is 0 Å². The monoisotopic (exact) mass is 569 g/mol. The molecule has 0 radical (unpaired) electrons. The van der Waals surface area contributed by atoms with E-state index in [4.69, 9.17) is 9.97 Å². The van der Waals surface area contributed by atoms with Gasteiger partial charge in [-0.15, -0.1) is 0 Å². The highest BCUT2D eigenvalue weighted by Crippen LogP contribution is 2.42. The van der Waals surface area contributed by atoms with Crippen molar-refractivity contribution in [2.24, 2.45) is 0 Å². The average molecular weight is 570 g/mol. The molecule has 2 aromatic heterocycles. The summed E-state index contributed by atoms with van der Waals surface area (Å²) < 4.78 is 26.2. The van der Waals surface area contributed by atoms with E-state index in [-0.39, 0.29) is 0 Å². The molecule has 1 saturated carbocycles. The Labute approximate surface area is 243 Å². The second-order valence-electron chi connectivity index (χ2n) is 12.3. The number of benzene rings is 2. The van der Waals surface area contributed by atoms with Crippen molar-refractivity contribution in [1.82, 2.24) is 24.3 Å². The number of nitrogens with zero attached hydrogens (tertiary/aromatic N) is 5. The summed E-state index contributed by atoms with van der Waals surface area (Å²) in [6.07, 6.45) is 8.78. The number of hydrogen-bond donors (Lipinski definition) is 0. The minimum absolute atomic E-state index is 0.321. The molecule has 3 aliphatic rings. The number of piperidine rings is 1. The largest absolute Gasteiger partial charge is 0.306 e. The van der Waals surface area contributed by atoms with Crippen molar-refractivity contribution in [3.05, 3.63) is 65.7 Å². The Morgan fingerprint density at radius 3 is 2.10 bits per heavy atom. The van der Waals surface area contributed by atoms with Crippen molar-refractivity contribution in [3.63, 3.8) is 0 Å². The summed E-state index contributed by atoms with van der Waals surface area (Å²) in [5, 5.41) is 0. The molecule has 0 spiro atoms. The minimum atomic E-state index is -3.24. The fraction of sp³-hybridized carbons (Fsp3) is 0.455. The van der Waals surface area contributed by atoms with Crippen LogP contribution >= 0.6 is 0 Å². The van der Waals surface area contributed by atoms with Crippen LogP contribution < -0.4 is 0 Å². The molecule has 0 bridgehead atoms. The third-order valence-corrected chi connectivity index (χ3v) is 10.3. The number of likely N-dealkylation sites (tertiary alicyclic amines) is 2. The standard InChI is InChI=1S/C33H39N5O2S/c1-23-21-30(25-7-5-24(6-8-25)22-36-19-15-27(16-20-36)37-17-3-4-18-37)34-33-31(23)35-32(38(33)28-11-12-28)26-9-13-29(14-10-26)41(2,39)40/h5-10,13-14,21,27-28H,3-4,11-12,15-20,22H2,1-2H3. The molecule has 214 valence electrons. The number of aryl methyl sites for hydroxylation is 1. The molecule has 8 heteroatoms. The van der Waals surface area contributed by atoms with Gasteiger partial charge in [0, 0.05) is 36.0 Å². The lowest BCUT2D eigenvalue weighted by Gasteiger charge is -2.36. The van der Waals surface area contributed by atoms with E-state index in [1.54, 1.807) is 12.1 Å². The number of hydrogen-bond acceptors (Lipinski definition) is 6. The Balaban J connectivity index is 1.12. The van der Waals surface area contributed by atoms with Crippen LogP contribution in [0.1, 0.15) is 55.7 Å². The molecular formula is C33H39N5O2S. The van der Waals surface area contributed by atoms with E-state index in [1.807, 2.05) is 12.1 Å². The number of aromatic nitrogens is 3. The lowest BCUT2D eigenvalue weighted by atomic mass is 10.0. The molecule has 41 heavy (non-hydrogen) atoms. The normalized spacial score (nSPS) is 19.4. The maximum Gasteiger partial charge on any atom is 0.175 e. The molecule has 2 aliphatic heterocycles. The Morgan fingerprint density at radius 2 is 1.46 bits per heavy atom. The van der Waals surface area contributed by atoms with Crippen LogP contribution in [0.15, 0.2) is 59.5 Å². The van der Waals surface area contributed by atoms with Gasteiger partial charge < -0.3 is 9.47 Å². The predicted molar refractivity (Wildman–Crippen MR) is 164 cm³/mol. The van der Waals surface area contributed by atoms with Crippen LogP contribution in [-0.4, -0.2) is 71.2 Å². The van der Waals surface area contributed by atoms with Crippen LogP contribution in [0, 0.1) is 6.92 Å². The van der Waals surface area contributed by atoms with Crippen LogP contribution in [-0.2, 0) is 16.4 Å². The van der Waals surface area contributed by atoms with Gasteiger partial charge in [0.2, 0.25) is 0 Å². The van der Waals surface area contributed by atoms with E-state index in [0.29, 0.717) is 10.9 Å². The van der Waals surface area contributed by atoms with Crippen LogP contribution in [0.3, 0.4) is 0 Å². The van der Waals surface area contributed by atoms with E-state index in [9.17, 15) is 8.42 Å². The quantitative estimate of drug-likeness (QED) is 0.277. The Hall–Kier alpha value is -3.07. The number of pyridine rings is 1. The smallest absolute Gasteiger partial charge is 0.175 e. The van der Waals surface area contributed by atoms with Gasteiger partial charge in [-0.3, -0.25) is 4.90 Å². The van der Waals surface area contributed by atoms with Crippen molar-refractivity contribution in [2.75, 3.05) is 32.4 Å². The number of rotatable bonds is 7. The summed E-state index contributed by atoms with van der Waals surface area (Å²) in [7, 11) is -3.24. The summed E-state index contributed by atoms with van der Waals surface area (Å²) in [4.78, 5) is 15.8. The van der Waals surface area contributed by atoms with Gasteiger partial charge in [-0.2, -0.15) is 0 Å². The molecular weight excluding hydrogens is 530 g/mol. The minimum Gasteiger partial charge on any atom is -0.306 e. The molecule has 4 heterocycles. The van der Waals surface area contributed by atoms with Gasteiger partial charge in [0.15, 0.2) is 15.5 Å². The van der Waals surface area contributed by atoms with Crippen LogP contribution in [0.4, 0.5) is 0 Å². The number of sulfone groups is 1. The lowest BCUT2D eigenvalue weighted by Crippen LogP contribution is -2.43. The Kier molecular flexibility index (Phi) is 6.96. The first-order valence-electron chi connectivity index (χ1n) is 15.1. The van der Waals surface area contributed by atoms with E-state index in [2.05, 4.69) is 51.6 Å². The van der Waals surface area contributed by atoms with Gasteiger partial charge in [-0.1, -0.05) is 24.3 Å². The molecule has 0 atom stereocenters. The second kappa shape index (κ2) is 10.6. The van der Waals surface area contributed by atoms with E-state index < -0.39 is 9.84 Å². The number of fused-ring (bicyclic) bond motifs is 1. The van der Waals surface area contributed by atoms with Crippen LogP contribution in [0.25, 0.3) is 33.8 Å². The fourth-order valence-corrected chi connectivity index (χ4v) is 7.32. The molecule has 1 aliphatic carbocycles. The van der Waals surface area contributed by atoms with E-state index >= 15 is 0 Å². The Morgan fingerprint density at radius 1 is 0.805 bits per heavy atom. The molecule has 3 fully saturated rings. The van der Waals surface area contributed by atoms with Crippen LogP contribution in [0.5, 0.6) is 0 Å². The van der Waals surface area contributed by atoms with Crippen molar-refractivity contribution in [2.45, 2.75) is 69.0 Å². The predicted octanol–water partition coefficient (Wildman–Crippen LogP) is 5.87. The average Bonchev–Trinajstić information content (AvgIpc) is 3.50. The van der Waals surface area contributed by atoms with E-state index in [1.165, 1.54) is 63.7 Å². The first kappa shape index (κ1) is 26.8. The third kappa shape index (κ3) is 5.45. The van der Waals surface area contributed by atoms with Gasteiger partial charge >= 0.3 is 0 Å². The summed E-state index contributed by atoms with van der Waals surface area (Å²) >= 11 is 0. The van der Waals surface area contributed by atoms with Crippen molar-refractivity contribution in [3.8, 4) is 22.6 Å². The molecule has 2 aromatic carbocycles. The SMILES string of the molecule is Cc1cc(-c2ccc(CN3CCC(N4CCCC4)CC3)cc2)nc2c1nc(-c1ccc(S(C)(=O)=O)cc1)n2C1CC1. The molecule has 7 nitrogen and oxygen atoms in total. The third-order valence-electron chi connectivity index (χ3n) is 9.16. The molecule has 4 aromatic rings. The first-order valence-corrected chi connectivity index (χ1v) is 17.0.